The van der Waals surface area contributed by atoms with E-state index in [2.05, 4.69) is 0 Å². The van der Waals surface area contributed by atoms with Crippen LogP contribution in [0.25, 0.3) is 0 Å². The van der Waals surface area contributed by atoms with Crippen LogP contribution in [0.15, 0.2) is 0 Å². The highest BCUT2D eigenvalue weighted by Crippen LogP contribution is 2.11. The second-order valence-electron chi connectivity index (χ2n) is 8.41. The van der Waals surface area contributed by atoms with Gasteiger partial charge in [-0.15, -0.1) is 0 Å². The molecule has 0 saturated heterocycles. The smallest absolute Gasteiger partial charge is 0.410 e. The van der Waals surface area contributed by atoms with Crippen molar-refractivity contribution in [3.63, 3.8) is 0 Å². The third-order valence-corrected chi connectivity index (χ3v) is 3.14. The third kappa shape index (κ3) is 13.6. The van der Waals surface area contributed by atoms with Crippen molar-refractivity contribution in [2.45, 2.75) is 52.7 Å². The molecule has 0 aromatic rings. The summed E-state index contributed by atoms with van der Waals surface area (Å²) in [5.74, 6) is -1.97. The van der Waals surface area contributed by atoms with E-state index >= 15 is 0 Å². The number of carbonyl (C=O) groups is 4. The van der Waals surface area contributed by atoms with E-state index in [1.54, 1.807) is 41.5 Å². The number of amides is 2. The first-order valence-corrected chi connectivity index (χ1v) is 9.47. The van der Waals surface area contributed by atoms with Crippen LogP contribution in [-0.4, -0.2) is 96.7 Å². The van der Waals surface area contributed by atoms with Gasteiger partial charge in [0.25, 0.3) is 0 Å². The molecule has 0 bridgehead atoms. The molecule has 0 rings (SSSR count). The highest BCUT2D eigenvalue weighted by atomic mass is 16.6. The average Bonchev–Trinajstić information content (AvgIpc) is 2.54. The molecule has 2 amide bonds. The van der Waals surface area contributed by atoms with E-state index in [9.17, 15) is 19.2 Å². The van der Waals surface area contributed by atoms with E-state index < -0.39 is 41.9 Å². The maximum Gasteiger partial charge on any atom is 0.410 e. The summed E-state index contributed by atoms with van der Waals surface area (Å²) in [6.45, 7) is 8.91. The van der Waals surface area contributed by atoms with Crippen LogP contribution in [-0.2, 0) is 28.5 Å². The maximum absolute atomic E-state index is 12.2. The summed E-state index contributed by atoms with van der Waals surface area (Å²) < 4.78 is 20.4. The summed E-state index contributed by atoms with van der Waals surface area (Å²) >= 11 is 0. The minimum absolute atomic E-state index is 0.115. The van der Waals surface area contributed by atoms with Crippen molar-refractivity contribution in [2.24, 2.45) is 0 Å². The summed E-state index contributed by atoms with van der Waals surface area (Å²) in [4.78, 5) is 49.5. The minimum atomic E-state index is -1.23. The van der Waals surface area contributed by atoms with Crippen LogP contribution in [0.2, 0.25) is 0 Å². The van der Waals surface area contributed by atoms with Gasteiger partial charge in [0.2, 0.25) is 0 Å². The van der Waals surface area contributed by atoms with Crippen molar-refractivity contribution < 1.29 is 43.2 Å². The van der Waals surface area contributed by atoms with Gasteiger partial charge in [0.1, 0.15) is 30.9 Å². The van der Waals surface area contributed by atoms with Crippen LogP contribution in [0.5, 0.6) is 0 Å². The predicted octanol–water partition coefficient (Wildman–Crippen LogP) is 1.73. The number of carboxylic acid groups (broad SMARTS) is 1. The van der Waals surface area contributed by atoms with Gasteiger partial charge in [-0.05, 0) is 41.5 Å². The number of carboxylic acids is 1. The first kappa shape index (κ1) is 27.4. The molecule has 11 nitrogen and oxygen atoms in total. The number of nitrogens with zero attached hydrogens (tertiary/aromatic N) is 2. The van der Waals surface area contributed by atoms with Crippen molar-refractivity contribution in [1.29, 1.82) is 0 Å². The number of aliphatic carboxylic acids is 1. The van der Waals surface area contributed by atoms with Gasteiger partial charge < -0.3 is 24.1 Å². The van der Waals surface area contributed by atoms with Gasteiger partial charge in [-0.3, -0.25) is 19.4 Å². The zero-order chi connectivity index (χ0) is 23.5. The number of ether oxygens (including phenoxy) is 4. The second kappa shape index (κ2) is 12.2. The Kier molecular flexibility index (Phi) is 11.2. The van der Waals surface area contributed by atoms with E-state index in [4.69, 9.17) is 24.1 Å². The zero-order valence-electron chi connectivity index (χ0n) is 18.9. The number of hydrogen-bond acceptors (Lipinski definition) is 8. The molecule has 0 aliphatic rings. The summed E-state index contributed by atoms with van der Waals surface area (Å²) in [6, 6.07) is 0. The van der Waals surface area contributed by atoms with Crippen molar-refractivity contribution in [2.75, 3.05) is 46.5 Å². The van der Waals surface area contributed by atoms with Gasteiger partial charge in [-0.25, -0.2) is 9.59 Å². The quantitative estimate of drug-likeness (QED) is 0.403. The zero-order valence-corrected chi connectivity index (χ0v) is 18.9. The first-order chi connectivity index (χ1) is 13.6. The van der Waals surface area contributed by atoms with Crippen molar-refractivity contribution in [1.82, 2.24) is 9.80 Å². The van der Waals surface area contributed by atoms with Crippen molar-refractivity contribution >= 4 is 24.1 Å². The van der Waals surface area contributed by atoms with Gasteiger partial charge in [-0.2, -0.15) is 0 Å². The Labute approximate surface area is 177 Å². The molecule has 0 atom stereocenters. The number of carbonyl (C=O) groups excluding carboxylic acids is 3. The predicted molar refractivity (Wildman–Crippen MR) is 106 cm³/mol. The minimum Gasteiger partial charge on any atom is -0.480 e. The number of esters is 1. The standard InChI is InChI=1S/C19H34N2O9/c1-18(2,3)29-16(25)20(12-14(22)23)9-11-28-15(24)13-21(8-10-27-7)17(26)30-19(4,5)6/h8-13H2,1-7H3,(H,22,23). The number of rotatable bonds is 10. The van der Waals surface area contributed by atoms with Crippen molar-refractivity contribution in [3.8, 4) is 0 Å². The molecule has 0 fully saturated rings. The normalized spacial score (nSPS) is 11.4. The third-order valence-electron chi connectivity index (χ3n) is 3.14. The lowest BCUT2D eigenvalue weighted by atomic mass is 10.2. The van der Waals surface area contributed by atoms with Crippen LogP contribution in [0.4, 0.5) is 9.59 Å². The van der Waals surface area contributed by atoms with E-state index in [0.29, 0.717) is 0 Å². The Bertz CT molecular complexity index is 594. The molecule has 11 heteroatoms. The lowest BCUT2D eigenvalue weighted by Crippen LogP contribution is -2.43. The molecule has 30 heavy (non-hydrogen) atoms. The maximum atomic E-state index is 12.2. The Balaban J connectivity index is 4.81. The largest absolute Gasteiger partial charge is 0.480 e. The molecule has 0 aromatic carbocycles. The molecule has 0 aliphatic carbocycles. The molecule has 0 radical (unpaired) electrons. The van der Waals surface area contributed by atoms with E-state index in [0.717, 1.165) is 9.80 Å². The fraction of sp³-hybridized carbons (Fsp3) is 0.789. The number of methoxy groups -OCH3 is 1. The topological polar surface area (TPSA) is 132 Å². The van der Waals surface area contributed by atoms with Crippen LogP contribution >= 0.6 is 0 Å². The van der Waals surface area contributed by atoms with Crippen LogP contribution in [0.3, 0.4) is 0 Å². The second-order valence-corrected chi connectivity index (χ2v) is 8.41. The summed E-state index contributed by atoms with van der Waals surface area (Å²) in [7, 11) is 1.46. The van der Waals surface area contributed by atoms with Crippen LogP contribution in [0, 0.1) is 0 Å². The van der Waals surface area contributed by atoms with E-state index in [1.807, 2.05) is 0 Å². The summed E-state index contributed by atoms with van der Waals surface area (Å²) in [5, 5.41) is 8.97. The number of hydrogen-bond donors (Lipinski definition) is 1. The van der Waals surface area contributed by atoms with Gasteiger partial charge in [0, 0.05) is 13.7 Å². The lowest BCUT2D eigenvalue weighted by molar-refractivity contribution is -0.145. The van der Waals surface area contributed by atoms with E-state index in [-0.39, 0.29) is 32.8 Å². The Morgan fingerprint density at radius 2 is 1.20 bits per heavy atom. The molecule has 0 heterocycles. The molecule has 0 saturated carbocycles. The highest BCUT2D eigenvalue weighted by Gasteiger charge is 2.26. The average molecular weight is 434 g/mol. The first-order valence-electron chi connectivity index (χ1n) is 9.47. The van der Waals surface area contributed by atoms with Gasteiger partial charge in [0.05, 0.1) is 13.2 Å². The lowest BCUT2D eigenvalue weighted by Gasteiger charge is -2.27. The molecule has 0 unspecified atom stereocenters. The van der Waals surface area contributed by atoms with Gasteiger partial charge in [-0.1, -0.05) is 0 Å². The molecule has 0 aromatic heterocycles. The molecular formula is C19H34N2O9. The summed E-state index contributed by atoms with van der Waals surface area (Å²) in [6.07, 6.45) is -1.53. The molecule has 1 N–H and O–H groups in total. The fourth-order valence-corrected chi connectivity index (χ4v) is 1.96. The highest BCUT2D eigenvalue weighted by molar-refractivity contribution is 5.78. The van der Waals surface area contributed by atoms with Crippen LogP contribution in [0.1, 0.15) is 41.5 Å². The Morgan fingerprint density at radius 3 is 1.60 bits per heavy atom. The van der Waals surface area contributed by atoms with Crippen LogP contribution < -0.4 is 0 Å². The van der Waals surface area contributed by atoms with Gasteiger partial charge >= 0.3 is 24.1 Å². The van der Waals surface area contributed by atoms with Gasteiger partial charge in [0.15, 0.2) is 0 Å². The Morgan fingerprint density at radius 1 is 0.767 bits per heavy atom. The summed E-state index contributed by atoms with van der Waals surface area (Å²) in [5.41, 5.74) is -1.54. The fourth-order valence-electron chi connectivity index (χ4n) is 1.96. The molecule has 174 valence electrons. The molecular weight excluding hydrogens is 400 g/mol. The molecule has 0 spiro atoms. The SMILES string of the molecule is COCCN(CC(=O)OCCN(CC(=O)O)C(=O)OC(C)(C)C)C(=O)OC(C)(C)C. The van der Waals surface area contributed by atoms with E-state index in [1.165, 1.54) is 7.11 Å². The monoisotopic (exact) mass is 434 g/mol. The van der Waals surface area contributed by atoms with Crippen molar-refractivity contribution in [3.05, 3.63) is 0 Å². The molecule has 0 aliphatic heterocycles. The Hall–Kier alpha value is -2.56.